The first-order valence-corrected chi connectivity index (χ1v) is 10.5. The number of benzene rings is 2. The molecule has 1 aliphatic heterocycles. The number of hydrogen-bond donors (Lipinski definition) is 1. The van der Waals surface area contributed by atoms with Crippen LogP contribution in [-0.2, 0) is 16.1 Å². The Morgan fingerprint density at radius 2 is 1.62 bits per heavy atom. The molecule has 1 saturated carbocycles. The van der Waals surface area contributed by atoms with Gasteiger partial charge in [-0.05, 0) is 61.9 Å². The smallest absolute Gasteiger partial charge is 0.240 e. The summed E-state index contributed by atoms with van der Waals surface area (Å²) in [5.41, 5.74) is 2.10. The van der Waals surface area contributed by atoms with Gasteiger partial charge in [0.05, 0.1) is 0 Å². The van der Waals surface area contributed by atoms with E-state index < -0.39 is 5.41 Å². The van der Waals surface area contributed by atoms with E-state index in [2.05, 4.69) is 22.3 Å². The highest BCUT2D eigenvalue weighted by atomic mass is 16.2. The van der Waals surface area contributed by atoms with Gasteiger partial charge in [-0.3, -0.25) is 9.59 Å². The molecule has 4 rings (SSSR count). The van der Waals surface area contributed by atoms with E-state index in [1.807, 2.05) is 42.5 Å². The maximum absolute atomic E-state index is 13.0. The van der Waals surface area contributed by atoms with Crippen molar-refractivity contribution in [3.8, 4) is 0 Å². The van der Waals surface area contributed by atoms with E-state index in [0.29, 0.717) is 19.4 Å². The number of piperidine rings is 1. The van der Waals surface area contributed by atoms with E-state index in [0.717, 1.165) is 24.3 Å². The van der Waals surface area contributed by atoms with Crippen molar-refractivity contribution in [1.82, 2.24) is 4.90 Å². The van der Waals surface area contributed by atoms with Crippen molar-refractivity contribution in [2.75, 3.05) is 30.4 Å². The zero-order valence-electron chi connectivity index (χ0n) is 17.1. The van der Waals surface area contributed by atoms with Crippen LogP contribution in [0.25, 0.3) is 0 Å². The number of rotatable bonds is 6. The van der Waals surface area contributed by atoms with Crippen molar-refractivity contribution in [2.24, 2.45) is 5.41 Å². The summed E-state index contributed by atoms with van der Waals surface area (Å²) >= 11 is 0. The lowest BCUT2D eigenvalue weighted by atomic mass is 10.0. The summed E-state index contributed by atoms with van der Waals surface area (Å²) in [6.07, 6.45) is 5.00. The quantitative estimate of drug-likeness (QED) is 0.756. The Balaban J connectivity index is 1.37. The molecule has 2 fully saturated rings. The zero-order chi connectivity index (χ0) is 20.3. The summed E-state index contributed by atoms with van der Waals surface area (Å²) in [5, 5.41) is 2.97. The van der Waals surface area contributed by atoms with E-state index in [9.17, 15) is 9.59 Å². The Morgan fingerprint density at radius 1 is 0.966 bits per heavy atom. The van der Waals surface area contributed by atoms with Crippen LogP contribution >= 0.6 is 0 Å². The third kappa shape index (κ3) is 4.29. The number of nitrogens with zero attached hydrogens (tertiary/aromatic N) is 2. The van der Waals surface area contributed by atoms with Gasteiger partial charge in [-0.15, -0.1) is 0 Å². The molecule has 29 heavy (non-hydrogen) atoms. The lowest BCUT2D eigenvalue weighted by Gasteiger charge is -2.29. The molecule has 0 bridgehead atoms. The summed E-state index contributed by atoms with van der Waals surface area (Å²) in [5.74, 6) is -0.281. The van der Waals surface area contributed by atoms with Crippen molar-refractivity contribution in [2.45, 2.75) is 38.6 Å². The van der Waals surface area contributed by atoms with Crippen LogP contribution in [0, 0.1) is 5.41 Å². The number of carbonyl (C=O) groups is 2. The Morgan fingerprint density at radius 3 is 2.24 bits per heavy atom. The first-order chi connectivity index (χ1) is 14.1. The summed E-state index contributed by atoms with van der Waals surface area (Å²) in [6.45, 7) is 2.70. The second-order valence-corrected chi connectivity index (χ2v) is 8.28. The topological polar surface area (TPSA) is 52.7 Å². The molecule has 1 aliphatic carbocycles. The second kappa shape index (κ2) is 8.27. The van der Waals surface area contributed by atoms with Crippen LogP contribution in [0.5, 0.6) is 0 Å². The summed E-state index contributed by atoms with van der Waals surface area (Å²) in [6, 6.07) is 17.9. The first-order valence-electron chi connectivity index (χ1n) is 10.5. The van der Waals surface area contributed by atoms with Crippen molar-refractivity contribution in [3.63, 3.8) is 0 Å². The van der Waals surface area contributed by atoms with Gasteiger partial charge in [0.1, 0.15) is 5.41 Å². The first kappa shape index (κ1) is 19.5. The molecule has 1 heterocycles. The Hall–Kier alpha value is -2.82. The third-order valence-electron chi connectivity index (χ3n) is 6.05. The molecule has 0 radical (unpaired) electrons. The van der Waals surface area contributed by atoms with Gasteiger partial charge in [0.25, 0.3) is 0 Å². The van der Waals surface area contributed by atoms with Crippen molar-refractivity contribution in [1.29, 1.82) is 0 Å². The molecule has 0 spiro atoms. The highest BCUT2D eigenvalue weighted by molar-refractivity contribution is 6.13. The predicted octanol–water partition coefficient (Wildman–Crippen LogP) is 4.05. The maximum atomic E-state index is 13.0. The van der Waals surface area contributed by atoms with E-state index >= 15 is 0 Å². The Bertz CT molecular complexity index is 853. The number of nitrogens with one attached hydrogen (secondary N) is 1. The van der Waals surface area contributed by atoms with Gasteiger partial charge in [0.2, 0.25) is 11.8 Å². The fourth-order valence-electron chi connectivity index (χ4n) is 4.12. The molecule has 1 N–H and O–H groups in total. The third-order valence-corrected chi connectivity index (χ3v) is 6.05. The zero-order valence-corrected chi connectivity index (χ0v) is 17.1. The molecule has 5 heteroatoms. The fraction of sp³-hybridized carbons (Fsp3) is 0.417. The molecule has 1 saturated heterocycles. The van der Waals surface area contributed by atoms with Crippen molar-refractivity contribution in [3.05, 3.63) is 60.2 Å². The van der Waals surface area contributed by atoms with Gasteiger partial charge >= 0.3 is 0 Å². The molecule has 5 nitrogen and oxygen atoms in total. The van der Waals surface area contributed by atoms with Crippen LogP contribution in [0.4, 0.5) is 11.4 Å². The van der Waals surface area contributed by atoms with E-state index in [1.54, 1.807) is 11.9 Å². The minimum absolute atomic E-state index is 0.0937. The molecule has 2 aromatic carbocycles. The van der Waals surface area contributed by atoms with Gasteiger partial charge in [0, 0.05) is 38.1 Å². The monoisotopic (exact) mass is 391 g/mol. The van der Waals surface area contributed by atoms with Crippen LogP contribution < -0.4 is 10.2 Å². The molecule has 0 unspecified atom stereocenters. The van der Waals surface area contributed by atoms with Gasteiger partial charge in [-0.2, -0.15) is 0 Å². The molecule has 152 valence electrons. The van der Waals surface area contributed by atoms with E-state index in [-0.39, 0.29) is 11.8 Å². The average Bonchev–Trinajstić information content (AvgIpc) is 3.57. The summed E-state index contributed by atoms with van der Waals surface area (Å²) in [7, 11) is 1.77. The van der Waals surface area contributed by atoms with Gasteiger partial charge in [-0.25, -0.2) is 0 Å². The van der Waals surface area contributed by atoms with Crippen LogP contribution in [0.3, 0.4) is 0 Å². The summed E-state index contributed by atoms with van der Waals surface area (Å²) < 4.78 is 0. The highest BCUT2D eigenvalue weighted by Gasteiger charge is 2.57. The molecule has 0 atom stereocenters. The Labute approximate surface area is 172 Å². The molecular weight excluding hydrogens is 362 g/mol. The van der Waals surface area contributed by atoms with Crippen LogP contribution in [0.1, 0.15) is 37.7 Å². The maximum Gasteiger partial charge on any atom is 0.240 e. The standard InChI is InChI=1S/C24H29N3O2/c1-26(18-19-8-4-2-5-9-19)23(29)24(14-15-24)22(28)25-20-10-12-21(13-11-20)27-16-6-3-7-17-27/h2,4-5,8-13H,3,6-7,14-18H2,1H3,(H,25,28). The number of hydrogen-bond acceptors (Lipinski definition) is 3. The normalized spacial score (nSPS) is 17.5. The van der Waals surface area contributed by atoms with Crippen LogP contribution in [-0.4, -0.2) is 36.9 Å². The second-order valence-electron chi connectivity index (χ2n) is 8.28. The predicted molar refractivity (Wildman–Crippen MR) is 116 cm³/mol. The molecule has 2 aromatic rings. The molecular formula is C24H29N3O2. The largest absolute Gasteiger partial charge is 0.372 e. The van der Waals surface area contributed by atoms with Gasteiger partial charge in [0.15, 0.2) is 0 Å². The minimum Gasteiger partial charge on any atom is -0.372 e. The van der Waals surface area contributed by atoms with Crippen LogP contribution in [0.2, 0.25) is 0 Å². The van der Waals surface area contributed by atoms with Gasteiger partial charge in [-0.1, -0.05) is 30.3 Å². The minimum atomic E-state index is -0.908. The number of carbonyl (C=O) groups excluding carboxylic acids is 2. The highest BCUT2D eigenvalue weighted by Crippen LogP contribution is 2.48. The fourth-order valence-corrected chi connectivity index (χ4v) is 4.12. The summed E-state index contributed by atoms with van der Waals surface area (Å²) in [4.78, 5) is 30.0. The lowest BCUT2D eigenvalue weighted by molar-refractivity contribution is -0.141. The van der Waals surface area contributed by atoms with E-state index in [4.69, 9.17) is 0 Å². The van der Waals surface area contributed by atoms with E-state index in [1.165, 1.54) is 24.9 Å². The molecule has 2 aliphatic rings. The van der Waals surface area contributed by atoms with Crippen molar-refractivity contribution >= 4 is 23.2 Å². The SMILES string of the molecule is CN(Cc1ccccc1)C(=O)C1(C(=O)Nc2ccc(N3CCCCC3)cc2)CC1. The Kier molecular flexibility index (Phi) is 5.56. The molecule has 2 amide bonds. The number of anilines is 2. The van der Waals surface area contributed by atoms with Crippen LogP contribution in [0.15, 0.2) is 54.6 Å². The number of amides is 2. The lowest BCUT2D eigenvalue weighted by Crippen LogP contribution is -2.40. The molecule has 0 aromatic heterocycles. The average molecular weight is 392 g/mol. The van der Waals surface area contributed by atoms with Crippen molar-refractivity contribution < 1.29 is 9.59 Å². The van der Waals surface area contributed by atoms with Gasteiger partial charge < -0.3 is 15.1 Å².